The second-order valence-electron chi connectivity index (χ2n) is 6.73. The third-order valence-electron chi connectivity index (χ3n) is 4.43. The first kappa shape index (κ1) is 20.5. The zero-order valence-corrected chi connectivity index (χ0v) is 17.1. The first-order chi connectivity index (χ1) is 14.8. The Balaban J connectivity index is 1.65. The predicted octanol–water partition coefficient (Wildman–Crippen LogP) is 4.25. The number of halogens is 1. The Kier molecular flexibility index (Phi) is 5.39. The monoisotopic (exact) mass is 437 g/mol. The number of hydrogen-bond donors (Lipinski definition) is 0. The van der Waals surface area contributed by atoms with E-state index >= 15 is 0 Å². The summed E-state index contributed by atoms with van der Waals surface area (Å²) in [6.07, 6.45) is 1.37. The smallest absolute Gasteiger partial charge is 0.363 e. The van der Waals surface area contributed by atoms with Crippen LogP contribution in [-0.4, -0.2) is 20.3 Å². The summed E-state index contributed by atoms with van der Waals surface area (Å²) < 4.78 is 48.9. The molecule has 0 N–H and O–H groups in total. The van der Waals surface area contributed by atoms with Gasteiger partial charge in [0.1, 0.15) is 16.5 Å². The lowest BCUT2D eigenvalue weighted by atomic mass is 10.1. The van der Waals surface area contributed by atoms with E-state index in [0.29, 0.717) is 11.1 Å². The number of carbonyl (C=O) groups is 1. The van der Waals surface area contributed by atoms with E-state index in [-0.39, 0.29) is 22.2 Å². The maximum Gasteiger partial charge on any atom is 0.363 e. The Morgan fingerprint density at radius 1 is 0.968 bits per heavy atom. The van der Waals surface area contributed by atoms with Gasteiger partial charge in [-0.15, -0.1) is 0 Å². The number of para-hydroxylation sites is 1. The minimum atomic E-state index is -4.07. The number of rotatable bonds is 5. The third kappa shape index (κ3) is 4.54. The molecule has 31 heavy (non-hydrogen) atoms. The van der Waals surface area contributed by atoms with Crippen LogP contribution in [-0.2, 0) is 19.6 Å². The fourth-order valence-electron chi connectivity index (χ4n) is 2.82. The molecule has 1 heterocycles. The molecule has 0 aliphatic carbocycles. The van der Waals surface area contributed by atoms with E-state index < -0.39 is 21.9 Å². The van der Waals surface area contributed by atoms with Gasteiger partial charge in [0, 0.05) is 11.1 Å². The number of aliphatic imine (C=N–C) groups is 1. The van der Waals surface area contributed by atoms with Gasteiger partial charge in [0.15, 0.2) is 5.70 Å². The van der Waals surface area contributed by atoms with Crippen LogP contribution >= 0.6 is 0 Å². The fourth-order valence-corrected chi connectivity index (χ4v) is 3.77. The highest BCUT2D eigenvalue weighted by Gasteiger charge is 2.25. The summed E-state index contributed by atoms with van der Waals surface area (Å²) in [6, 6.07) is 17.9. The first-order valence-corrected chi connectivity index (χ1v) is 10.6. The van der Waals surface area contributed by atoms with Gasteiger partial charge in [-0.2, -0.15) is 8.42 Å². The standard InChI is InChI=1S/C23H16FNO5S/c1-15-6-12-19(13-7-15)31(27,28)30-21-5-3-2-4-17(21)14-20-23(26)29-22(25-20)16-8-10-18(24)11-9-16/h2-14H,1H3/b20-14-. The summed E-state index contributed by atoms with van der Waals surface area (Å²) in [5.74, 6) is -1.07. The number of benzene rings is 3. The van der Waals surface area contributed by atoms with Crippen molar-refractivity contribution in [3.63, 3.8) is 0 Å². The number of nitrogens with zero attached hydrogens (tertiary/aromatic N) is 1. The van der Waals surface area contributed by atoms with Gasteiger partial charge in [-0.1, -0.05) is 35.9 Å². The average Bonchev–Trinajstić information content (AvgIpc) is 3.10. The van der Waals surface area contributed by atoms with Crippen LogP contribution in [0.15, 0.2) is 88.4 Å². The molecule has 0 saturated carbocycles. The van der Waals surface area contributed by atoms with Crippen molar-refractivity contribution in [3.05, 3.63) is 101 Å². The van der Waals surface area contributed by atoms with Crippen LogP contribution in [0.25, 0.3) is 6.08 Å². The van der Waals surface area contributed by atoms with Crippen LogP contribution in [0.5, 0.6) is 5.75 Å². The minimum absolute atomic E-state index is 0.0115. The molecule has 0 aromatic heterocycles. The highest BCUT2D eigenvalue weighted by molar-refractivity contribution is 7.87. The van der Waals surface area contributed by atoms with E-state index in [1.165, 1.54) is 48.5 Å². The van der Waals surface area contributed by atoms with Crippen LogP contribution in [0.1, 0.15) is 16.7 Å². The Bertz CT molecular complexity index is 1310. The molecular weight excluding hydrogens is 421 g/mol. The summed E-state index contributed by atoms with van der Waals surface area (Å²) in [5.41, 5.74) is 1.64. The fraction of sp³-hybridized carbons (Fsp3) is 0.0435. The van der Waals surface area contributed by atoms with E-state index in [2.05, 4.69) is 4.99 Å². The van der Waals surface area contributed by atoms with Crippen LogP contribution in [0, 0.1) is 12.7 Å². The van der Waals surface area contributed by atoms with Gasteiger partial charge in [-0.05, 0) is 55.5 Å². The number of carbonyl (C=O) groups excluding carboxylic acids is 1. The molecule has 0 radical (unpaired) electrons. The van der Waals surface area contributed by atoms with E-state index in [9.17, 15) is 17.6 Å². The summed E-state index contributed by atoms with van der Waals surface area (Å²) in [6.45, 7) is 1.85. The maximum atomic E-state index is 13.1. The zero-order chi connectivity index (χ0) is 22.0. The second kappa shape index (κ2) is 8.16. The molecule has 3 aromatic rings. The van der Waals surface area contributed by atoms with Gasteiger partial charge in [0.2, 0.25) is 5.90 Å². The molecule has 0 unspecified atom stereocenters. The van der Waals surface area contributed by atoms with Crippen molar-refractivity contribution in [2.75, 3.05) is 0 Å². The summed E-state index contributed by atoms with van der Waals surface area (Å²) in [5, 5.41) is 0. The molecule has 0 fully saturated rings. The highest BCUT2D eigenvalue weighted by atomic mass is 32.2. The molecular formula is C23H16FNO5S. The van der Waals surface area contributed by atoms with Crippen molar-refractivity contribution >= 4 is 28.1 Å². The molecule has 0 bridgehead atoms. The lowest BCUT2D eigenvalue weighted by Crippen LogP contribution is -2.10. The quantitative estimate of drug-likeness (QED) is 0.339. The van der Waals surface area contributed by atoms with Crippen molar-refractivity contribution in [1.29, 1.82) is 0 Å². The van der Waals surface area contributed by atoms with E-state index in [1.807, 2.05) is 6.92 Å². The largest absolute Gasteiger partial charge is 0.402 e. The molecule has 6 nitrogen and oxygen atoms in total. The van der Waals surface area contributed by atoms with Crippen LogP contribution in [0.4, 0.5) is 4.39 Å². The van der Waals surface area contributed by atoms with Gasteiger partial charge in [-0.25, -0.2) is 14.2 Å². The molecule has 0 spiro atoms. The highest BCUT2D eigenvalue weighted by Crippen LogP contribution is 2.27. The molecule has 0 amide bonds. The Morgan fingerprint density at radius 2 is 1.65 bits per heavy atom. The molecule has 3 aromatic carbocycles. The van der Waals surface area contributed by atoms with E-state index in [1.54, 1.807) is 30.3 Å². The van der Waals surface area contributed by atoms with Gasteiger partial charge < -0.3 is 8.92 Å². The van der Waals surface area contributed by atoms with Crippen molar-refractivity contribution in [2.45, 2.75) is 11.8 Å². The third-order valence-corrected chi connectivity index (χ3v) is 5.68. The number of cyclic esters (lactones) is 1. The van der Waals surface area contributed by atoms with E-state index in [4.69, 9.17) is 8.92 Å². The molecule has 8 heteroatoms. The van der Waals surface area contributed by atoms with Gasteiger partial charge in [0.05, 0.1) is 0 Å². The Morgan fingerprint density at radius 3 is 2.35 bits per heavy atom. The van der Waals surface area contributed by atoms with E-state index in [0.717, 1.165) is 5.56 Å². The van der Waals surface area contributed by atoms with Crippen LogP contribution in [0.2, 0.25) is 0 Å². The lowest BCUT2D eigenvalue weighted by Gasteiger charge is -2.09. The number of aryl methyl sites for hydroxylation is 1. The minimum Gasteiger partial charge on any atom is -0.402 e. The predicted molar refractivity (Wildman–Crippen MR) is 112 cm³/mol. The normalized spacial score (nSPS) is 15.0. The summed E-state index contributed by atoms with van der Waals surface area (Å²) in [4.78, 5) is 16.4. The lowest BCUT2D eigenvalue weighted by molar-refractivity contribution is -0.129. The zero-order valence-electron chi connectivity index (χ0n) is 16.3. The van der Waals surface area contributed by atoms with Crippen molar-refractivity contribution in [1.82, 2.24) is 0 Å². The first-order valence-electron chi connectivity index (χ1n) is 9.20. The summed E-state index contributed by atoms with van der Waals surface area (Å²) >= 11 is 0. The number of ether oxygens (including phenoxy) is 1. The number of hydrogen-bond acceptors (Lipinski definition) is 6. The molecule has 0 atom stereocenters. The molecule has 156 valence electrons. The Hall–Kier alpha value is -3.78. The summed E-state index contributed by atoms with van der Waals surface area (Å²) in [7, 11) is -4.07. The average molecular weight is 437 g/mol. The van der Waals surface area contributed by atoms with Crippen molar-refractivity contribution in [3.8, 4) is 5.75 Å². The topological polar surface area (TPSA) is 82.0 Å². The Labute approximate surface area is 178 Å². The van der Waals surface area contributed by atoms with Gasteiger partial charge in [-0.3, -0.25) is 0 Å². The SMILES string of the molecule is Cc1ccc(S(=O)(=O)Oc2ccccc2/C=C2\N=C(c3ccc(F)cc3)OC2=O)cc1. The number of esters is 1. The second-order valence-corrected chi connectivity index (χ2v) is 8.28. The van der Waals surface area contributed by atoms with Crippen LogP contribution in [0.3, 0.4) is 0 Å². The van der Waals surface area contributed by atoms with Gasteiger partial charge in [0.25, 0.3) is 0 Å². The molecule has 1 aliphatic heterocycles. The molecule has 0 saturated heterocycles. The molecule has 4 rings (SSSR count). The van der Waals surface area contributed by atoms with Gasteiger partial charge >= 0.3 is 16.1 Å². The van der Waals surface area contributed by atoms with Crippen molar-refractivity contribution in [2.24, 2.45) is 4.99 Å². The molecule has 1 aliphatic rings. The van der Waals surface area contributed by atoms with Crippen molar-refractivity contribution < 1.29 is 26.5 Å². The van der Waals surface area contributed by atoms with Crippen LogP contribution < -0.4 is 4.18 Å². The maximum absolute atomic E-state index is 13.1.